The summed E-state index contributed by atoms with van der Waals surface area (Å²) in [5.74, 6) is 0. The van der Waals surface area contributed by atoms with Gasteiger partial charge in [0.2, 0.25) is 0 Å². The van der Waals surface area contributed by atoms with E-state index in [1.165, 1.54) is 0 Å². The van der Waals surface area contributed by atoms with Crippen LogP contribution in [0.3, 0.4) is 0 Å². The summed E-state index contributed by atoms with van der Waals surface area (Å²) in [4.78, 5) is 0. The molecule has 0 saturated carbocycles. The highest BCUT2D eigenvalue weighted by Crippen LogP contribution is 2.35. The van der Waals surface area contributed by atoms with Crippen molar-refractivity contribution in [3.8, 4) is 0 Å². The van der Waals surface area contributed by atoms with Crippen LogP contribution in [-0.2, 0) is 87.0 Å². The summed E-state index contributed by atoms with van der Waals surface area (Å²) in [6.07, 6.45) is -9.26. The van der Waals surface area contributed by atoms with E-state index in [2.05, 4.69) is 0 Å². The van der Waals surface area contributed by atoms with Gasteiger partial charge in [-0.3, -0.25) is 0 Å². The number of benzene rings is 6. The highest BCUT2D eigenvalue weighted by molar-refractivity contribution is 5.18. The number of aliphatic hydroxyl groups excluding tert-OH is 1. The predicted octanol–water partition coefficient (Wildman–Crippen LogP) is 8.60. The van der Waals surface area contributed by atoms with Crippen molar-refractivity contribution < 1.29 is 52.5 Å². The van der Waals surface area contributed by atoms with Crippen LogP contribution in [0.15, 0.2) is 182 Å². The van der Waals surface area contributed by atoms with Gasteiger partial charge in [0.05, 0.1) is 52.9 Å². The van der Waals surface area contributed by atoms with Gasteiger partial charge in [-0.25, -0.2) is 0 Å². The maximum atomic E-state index is 12.6. The van der Waals surface area contributed by atoms with Crippen LogP contribution in [0, 0.1) is 0 Å². The zero-order chi connectivity index (χ0) is 45.2. The summed E-state index contributed by atoms with van der Waals surface area (Å²) in [7, 11) is 1.57. The minimum atomic E-state index is -1.35. The molecule has 2 aliphatic heterocycles. The highest BCUT2D eigenvalue weighted by Gasteiger charge is 2.54. The molecular weight excluding hydrogens is 837 g/mol. The molecule has 2 aliphatic rings. The van der Waals surface area contributed by atoms with Gasteiger partial charge in [0.15, 0.2) is 12.6 Å². The summed E-state index contributed by atoms with van der Waals surface area (Å²) in [5.41, 5.74) is 5.81. The first-order valence-electron chi connectivity index (χ1n) is 22.6. The van der Waals surface area contributed by atoms with E-state index in [0.717, 1.165) is 33.4 Å². The molecule has 8 rings (SSSR count). The summed E-state index contributed by atoms with van der Waals surface area (Å²) < 4.78 is 66.4. The lowest BCUT2D eigenvalue weighted by Crippen LogP contribution is -2.66. The molecule has 1 N–H and O–H groups in total. The largest absolute Gasteiger partial charge is 0.385 e. The second-order valence-electron chi connectivity index (χ2n) is 16.5. The second kappa shape index (κ2) is 25.1. The molecule has 6 aromatic rings. The lowest BCUT2D eigenvalue weighted by atomic mass is 9.96. The van der Waals surface area contributed by atoms with Crippen LogP contribution in [0.4, 0.5) is 0 Å². The Bertz CT molecular complexity index is 2220. The zero-order valence-corrected chi connectivity index (χ0v) is 37.3. The monoisotopic (exact) mass is 896 g/mol. The molecule has 0 bridgehead atoms. The average molecular weight is 897 g/mol. The molecule has 0 spiro atoms. The molecule has 0 amide bonds. The summed E-state index contributed by atoms with van der Waals surface area (Å²) in [5, 5.41) is 12.6. The molecule has 11 nitrogen and oxygen atoms in total. The maximum absolute atomic E-state index is 12.6. The fourth-order valence-electron chi connectivity index (χ4n) is 8.22. The fraction of sp³-hybridized carbons (Fsp3) is 0.345. The third-order valence-corrected chi connectivity index (χ3v) is 11.7. The maximum Gasteiger partial charge on any atom is 0.187 e. The van der Waals surface area contributed by atoms with Gasteiger partial charge in [-0.2, -0.15) is 0 Å². The minimum absolute atomic E-state index is 0.110. The Balaban J connectivity index is 1.13. The molecule has 346 valence electrons. The standard InChI is InChI=1S/C55H60O11/c1-57-55-53(63-37-45-30-18-7-19-31-45)52(50(61-35-43-26-14-5-15-27-43)47(65-55)39-59-33-41-22-10-3-11-23-41)66-54-48(56)51(62-36-44-28-16-6-17-29-44)49(60-34-42-24-12-4-13-25-42)46(64-54)38-58-32-40-20-8-2-9-21-40/h2-31,46-56H,32-39H2,1H3/t46-,47-,48+,49-,50-,51-,52+,53+,54-,55+/m1/s1. The molecule has 0 aliphatic carbocycles. The lowest BCUT2D eigenvalue weighted by Gasteiger charge is -2.49. The van der Waals surface area contributed by atoms with Crippen molar-refractivity contribution in [1.29, 1.82) is 0 Å². The van der Waals surface area contributed by atoms with E-state index in [4.69, 9.17) is 47.4 Å². The first kappa shape index (κ1) is 47.4. The third kappa shape index (κ3) is 13.5. The topological polar surface area (TPSA) is 113 Å². The van der Waals surface area contributed by atoms with Crippen molar-refractivity contribution >= 4 is 0 Å². The normalized spacial score (nSPS) is 25.4. The quantitative estimate of drug-likeness (QED) is 0.0668. The van der Waals surface area contributed by atoms with E-state index in [0.29, 0.717) is 13.2 Å². The number of methoxy groups -OCH3 is 1. The van der Waals surface area contributed by atoms with E-state index < -0.39 is 61.4 Å². The van der Waals surface area contributed by atoms with Crippen LogP contribution < -0.4 is 0 Å². The van der Waals surface area contributed by atoms with Crippen LogP contribution in [-0.4, -0.2) is 86.8 Å². The first-order valence-corrected chi connectivity index (χ1v) is 22.6. The van der Waals surface area contributed by atoms with Crippen molar-refractivity contribution in [3.05, 3.63) is 215 Å². The average Bonchev–Trinajstić information content (AvgIpc) is 3.37. The van der Waals surface area contributed by atoms with Gasteiger partial charge in [0, 0.05) is 7.11 Å². The Morgan fingerprint density at radius 3 is 1.03 bits per heavy atom. The molecule has 0 unspecified atom stereocenters. The van der Waals surface area contributed by atoms with Crippen molar-refractivity contribution in [2.24, 2.45) is 0 Å². The Morgan fingerprint density at radius 1 is 0.364 bits per heavy atom. The second-order valence-corrected chi connectivity index (χ2v) is 16.5. The van der Waals surface area contributed by atoms with E-state index in [1.807, 2.05) is 182 Å². The van der Waals surface area contributed by atoms with Crippen LogP contribution in [0.1, 0.15) is 33.4 Å². The lowest BCUT2D eigenvalue weighted by molar-refractivity contribution is -0.373. The number of ether oxygens (including phenoxy) is 10. The van der Waals surface area contributed by atoms with Gasteiger partial charge in [0.25, 0.3) is 0 Å². The Labute approximate surface area is 388 Å². The molecule has 66 heavy (non-hydrogen) atoms. The summed E-state index contributed by atoms with van der Waals surface area (Å²) in [6, 6.07) is 59.4. The van der Waals surface area contributed by atoms with Gasteiger partial charge in [-0.15, -0.1) is 0 Å². The van der Waals surface area contributed by atoms with Crippen molar-refractivity contribution in [2.75, 3.05) is 20.3 Å². The van der Waals surface area contributed by atoms with Crippen molar-refractivity contribution in [1.82, 2.24) is 0 Å². The summed E-state index contributed by atoms with van der Waals surface area (Å²) >= 11 is 0. The van der Waals surface area contributed by atoms with Gasteiger partial charge < -0.3 is 52.5 Å². The molecule has 2 fully saturated rings. The Kier molecular flexibility index (Phi) is 18.0. The van der Waals surface area contributed by atoms with E-state index >= 15 is 0 Å². The molecule has 2 heterocycles. The number of aliphatic hydroxyl groups is 1. The third-order valence-electron chi connectivity index (χ3n) is 11.7. The van der Waals surface area contributed by atoms with Crippen LogP contribution in [0.25, 0.3) is 0 Å². The highest BCUT2D eigenvalue weighted by atomic mass is 16.8. The Morgan fingerprint density at radius 2 is 0.667 bits per heavy atom. The molecule has 11 heteroatoms. The summed E-state index contributed by atoms with van der Waals surface area (Å²) in [6.45, 7) is 1.84. The van der Waals surface area contributed by atoms with Crippen molar-refractivity contribution in [2.45, 2.75) is 101 Å². The van der Waals surface area contributed by atoms with Gasteiger partial charge >= 0.3 is 0 Å². The SMILES string of the molecule is CO[C@H]1O[C@H](COCc2ccccc2)[C@@H](OCc2ccccc2)[C@H](O[C@H]2O[C@H](COCc3ccccc3)[C@@H](OCc3ccccc3)[C@H](OCc3ccccc3)[C@@H]2O)[C@@H]1OCc1ccccc1. The van der Waals surface area contributed by atoms with Gasteiger partial charge in [0.1, 0.15) is 48.8 Å². The minimum Gasteiger partial charge on any atom is -0.385 e. The molecule has 0 radical (unpaired) electrons. The fourth-order valence-corrected chi connectivity index (χ4v) is 8.22. The number of hydrogen-bond donors (Lipinski definition) is 1. The smallest absolute Gasteiger partial charge is 0.187 e. The molecular formula is C55H60O11. The number of hydrogen-bond acceptors (Lipinski definition) is 11. The predicted molar refractivity (Wildman–Crippen MR) is 247 cm³/mol. The van der Waals surface area contributed by atoms with Crippen molar-refractivity contribution in [3.63, 3.8) is 0 Å². The zero-order valence-electron chi connectivity index (χ0n) is 37.3. The first-order chi connectivity index (χ1) is 32.6. The van der Waals surface area contributed by atoms with Crippen LogP contribution in [0.2, 0.25) is 0 Å². The van der Waals surface area contributed by atoms with E-state index in [1.54, 1.807) is 7.11 Å². The number of rotatable bonds is 23. The van der Waals surface area contributed by atoms with E-state index in [9.17, 15) is 5.11 Å². The van der Waals surface area contributed by atoms with Gasteiger partial charge in [-0.1, -0.05) is 182 Å². The van der Waals surface area contributed by atoms with Crippen LogP contribution >= 0.6 is 0 Å². The molecule has 0 aromatic heterocycles. The van der Waals surface area contributed by atoms with Crippen LogP contribution in [0.5, 0.6) is 0 Å². The van der Waals surface area contributed by atoms with E-state index in [-0.39, 0.29) is 39.6 Å². The molecule has 2 saturated heterocycles. The van der Waals surface area contributed by atoms with Gasteiger partial charge in [-0.05, 0) is 33.4 Å². The molecule has 6 aromatic carbocycles. The Hall–Kier alpha value is -5.12. The molecule has 10 atom stereocenters.